The molecule has 0 atom stereocenters. The molecule has 0 aliphatic heterocycles. The standard InChI is InChI=1S/C17H21N3O2/c1-2-3-4-11-22-15-8-5-13(6-9-15)17(21)20-14-7-10-16(18)19-12-14/h5-10,12H,2-4,11H2,1H3,(H2,18,19)(H,20,21). The minimum absolute atomic E-state index is 0.191. The van der Waals surface area contributed by atoms with Crippen LogP contribution in [0.25, 0.3) is 0 Å². The molecule has 0 aliphatic rings. The molecule has 0 fully saturated rings. The van der Waals surface area contributed by atoms with Gasteiger partial charge in [-0.05, 0) is 42.8 Å². The van der Waals surface area contributed by atoms with E-state index in [0.717, 1.165) is 18.6 Å². The van der Waals surface area contributed by atoms with Crippen LogP contribution in [0.1, 0.15) is 36.5 Å². The molecule has 5 nitrogen and oxygen atoms in total. The van der Waals surface area contributed by atoms with Crippen molar-refractivity contribution in [1.82, 2.24) is 4.98 Å². The van der Waals surface area contributed by atoms with E-state index in [0.29, 0.717) is 23.7 Å². The fraction of sp³-hybridized carbons (Fsp3) is 0.294. The molecule has 0 bridgehead atoms. The summed E-state index contributed by atoms with van der Waals surface area (Å²) in [6, 6.07) is 10.5. The van der Waals surface area contributed by atoms with E-state index in [-0.39, 0.29) is 5.91 Å². The summed E-state index contributed by atoms with van der Waals surface area (Å²) in [4.78, 5) is 16.0. The number of nitrogens with zero attached hydrogens (tertiary/aromatic N) is 1. The van der Waals surface area contributed by atoms with Crippen molar-refractivity contribution in [3.63, 3.8) is 0 Å². The monoisotopic (exact) mass is 299 g/mol. The van der Waals surface area contributed by atoms with Crippen molar-refractivity contribution in [2.24, 2.45) is 0 Å². The average molecular weight is 299 g/mol. The van der Waals surface area contributed by atoms with Gasteiger partial charge in [0.2, 0.25) is 0 Å². The zero-order valence-corrected chi connectivity index (χ0v) is 12.7. The van der Waals surface area contributed by atoms with Gasteiger partial charge in [0.15, 0.2) is 0 Å². The Balaban J connectivity index is 1.89. The highest BCUT2D eigenvalue weighted by atomic mass is 16.5. The third kappa shape index (κ3) is 4.77. The van der Waals surface area contributed by atoms with Gasteiger partial charge in [-0.2, -0.15) is 0 Å². The van der Waals surface area contributed by atoms with Gasteiger partial charge in [-0.3, -0.25) is 4.79 Å². The molecule has 0 radical (unpaired) electrons. The molecule has 1 aromatic carbocycles. The molecule has 0 aliphatic carbocycles. The van der Waals surface area contributed by atoms with Crippen molar-refractivity contribution in [3.8, 4) is 5.75 Å². The number of rotatable bonds is 7. The first-order chi connectivity index (χ1) is 10.7. The summed E-state index contributed by atoms with van der Waals surface area (Å²) in [7, 11) is 0. The van der Waals surface area contributed by atoms with Gasteiger partial charge in [-0.25, -0.2) is 4.98 Å². The van der Waals surface area contributed by atoms with Crippen LogP contribution in [0, 0.1) is 0 Å². The first kappa shape index (κ1) is 15.8. The topological polar surface area (TPSA) is 77.2 Å². The SMILES string of the molecule is CCCCCOc1ccc(C(=O)Nc2ccc(N)nc2)cc1. The minimum Gasteiger partial charge on any atom is -0.494 e. The summed E-state index contributed by atoms with van der Waals surface area (Å²) < 4.78 is 5.62. The van der Waals surface area contributed by atoms with Crippen LogP contribution in [0.3, 0.4) is 0 Å². The third-order valence-electron chi connectivity index (χ3n) is 3.18. The fourth-order valence-electron chi connectivity index (χ4n) is 1.93. The van der Waals surface area contributed by atoms with Crippen LogP contribution in [0.2, 0.25) is 0 Å². The summed E-state index contributed by atoms with van der Waals surface area (Å²) in [5.74, 6) is 1.01. The molecule has 1 amide bonds. The number of unbranched alkanes of at least 4 members (excludes halogenated alkanes) is 2. The van der Waals surface area contributed by atoms with E-state index < -0.39 is 0 Å². The average Bonchev–Trinajstić information content (AvgIpc) is 2.54. The van der Waals surface area contributed by atoms with Gasteiger partial charge in [-0.15, -0.1) is 0 Å². The predicted molar refractivity (Wildman–Crippen MR) is 88.1 cm³/mol. The largest absolute Gasteiger partial charge is 0.494 e. The molecule has 0 saturated heterocycles. The number of hydrogen-bond acceptors (Lipinski definition) is 4. The van der Waals surface area contributed by atoms with Gasteiger partial charge in [0, 0.05) is 5.56 Å². The highest BCUT2D eigenvalue weighted by molar-refractivity contribution is 6.04. The number of nitrogens with one attached hydrogen (secondary N) is 1. The summed E-state index contributed by atoms with van der Waals surface area (Å²) >= 11 is 0. The van der Waals surface area contributed by atoms with Gasteiger partial charge in [-0.1, -0.05) is 19.8 Å². The molecule has 0 saturated carbocycles. The van der Waals surface area contributed by atoms with Crippen molar-refractivity contribution in [3.05, 3.63) is 48.2 Å². The second-order valence-electron chi connectivity index (χ2n) is 5.01. The van der Waals surface area contributed by atoms with Gasteiger partial charge in [0.05, 0.1) is 18.5 Å². The summed E-state index contributed by atoms with van der Waals surface area (Å²) in [5.41, 5.74) is 6.68. The Labute approximate surface area is 130 Å². The number of nitrogen functional groups attached to an aromatic ring is 1. The van der Waals surface area contributed by atoms with Gasteiger partial charge < -0.3 is 15.8 Å². The van der Waals surface area contributed by atoms with Crippen LogP contribution in [-0.2, 0) is 0 Å². The van der Waals surface area contributed by atoms with Crippen LogP contribution >= 0.6 is 0 Å². The second kappa shape index (κ2) is 8.02. The third-order valence-corrected chi connectivity index (χ3v) is 3.18. The molecule has 22 heavy (non-hydrogen) atoms. The Bertz CT molecular complexity index is 594. The van der Waals surface area contributed by atoms with Crippen molar-refractivity contribution < 1.29 is 9.53 Å². The van der Waals surface area contributed by atoms with Gasteiger partial charge in [0.25, 0.3) is 5.91 Å². The Morgan fingerprint density at radius 1 is 1.18 bits per heavy atom. The van der Waals surface area contributed by atoms with Crippen LogP contribution in [0.15, 0.2) is 42.6 Å². The predicted octanol–water partition coefficient (Wildman–Crippen LogP) is 3.49. The first-order valence-electron chi connectivity index (χ1n) is 7.45. The molecular formula is C17H21N3O2. The number of carbonyl (C=O) groups is 1. The van der Waals surface area contributed by atoms with E-state index in [9.17, 15) is 4.79 Å². The lowest BCUT2D eigenvalue weighted by molar-refractivity contribution is 0.102. The molecule has 2 rings (SSSR count). The van der Waals surface area contributed by atoms with E-state index >= 15 is 0 Å². The number of hydrogen-bond donors (Lipinski definition) is 2. The zero-order chi connectivity index (χ0) is 15.8. The number of pyridine rings is 1. The maximum atomic E-state index is 12.1. The van der Waals surface area contributed by atoms with Crippen LogP contribution in [0.4, 0.5) is 11.5 Å². The quantitative estimate of drug-likeness (QED) is 0.767. The highest BCUT2D eigenvalue weighted by Gasteiger charge is 2.06. The van der Waals surface area contributed by atoms with Crippen molar-refractivity contribution in [2.75, 3.05) is 17.7 Å². The number of carbonyl (C=O) groups excluding carboxylic acids is 1. The lowest BCUT2D eigenvalue weighted by Gasteiger charge is -2.08. The van der Waals surface area contributed by atoms with E-state index in [4.69, 9.17) is 10.5 Å². The fourth-order valence-corrected chi connectivity index (χ4v) is 1.93. The number of aromatic nitrogens is 1. The smallest absolute Gasteiger partial charge is 0.255 e. The molecular weight excluding hydrogens is 278 g/mol. The number of amides is 1. The van der Waals surface area contributed by atoms with Gasteiger partial charge in [0.1, 0.15) is 11.6 Å². The molecule has 3 N–H and O–H groups in total. The first-order valence-corrected chi connectivity index (χ1v) is 7.45. The van der Waals surface area contributed by atoms with E-state index in [1.54, 1.807) is 24.3 Å². The maximum Gasteiger partial charge on any atom is 0.255 e. The molecule has 1 aromatic heterocycles. The summed E-state index contributed by atoms with van der Waals surface area (Å²) in [6.07, 6.45) is 4.90. The number of anilines is 2. The zero-order valence-electron chi connectivity index (χ0n) is 12.7. The van der Waals surface area contributed by atoms with Crippen molar-refractivity contribution >= 4 is 17.4 Å². The van der Waals surface area contributed by atoms with Crippen molar-refractivity contribution in [2.45, 2.75) is 26.2 Å². The minimum atomic E-state index is -0.191. The Hall–Kier alpha value is -2.56. The molecule has 5 heteroatoms. The maximum absolute atomic E-state index is 12.1. The molecule has 2 aromatic rings. The second-order valence-corrected chi connectivity index (χ2v) is 5.01. The van der Waals surface area contributed by atoms with E-state index in [2.05, 4.69) is 17.2 Å². The Morgan fingerprint density at radius 3 is 2.59 bits per heavy atom. The highest BCUT2D eigenvalue weighted by Crippen LogP contribution is 2.15. The Morgan fingerprint density at radius 2 is 1.95 bits per heavy atom. The molecule has 0 unspecified atom stereocenters. The normalized spacial score (nSPS) is 10.2. The van der Waals surface area contributed by atoms with E-state index in [1.807, 2.05) is 12.1 Å². The summed E-state index contributed by atoms with van der Waals surface area (Å²) in [6.45, 7) is 2.86. The molecule has 1 heterocycles. The van der Waals surface area contributed by atoms with Crippen molar-refractivity contribution in [1.29, 1.82) is 0 Å². The van der Waals surface area contributed by atoms with Gasteiger partial charge >= 0.3 is 0 Å². The number of benzene rings is 1. The number of ether oxygens (including phenoxy) is 1. The Kier molecular flexibility index (Phi) is 5.77. The van der Waals surface area contributed by atoms with Crippen LogP contribution in [-0.4, -0.2) is 17.5 Å². The molecule has 116 valence electrons. The lowest BCUT2D eigenvalue weighted by atomic mass is 10.2. The number of nitrogens with two attached hydrogens (primary N) is 1. The van der Waals surface area contributed by atoms with E-state index in [1.165, 1.54) is 12.6 Å². The molecule has 0 spiro atoms. The lowest BCUT2D eigenvalue weighted by Crippen LogP contribution is -2.12. The van der Waals surface area contributed by atoms with Crippen LogP contribution in [0.5, 0.6) is 5.75 Å². The summed E-state index contributed by atoms with van der Waals surface area (Å²) in [5, 5.41) is 2.77. The van der Waals surface area contributed by atoms with Crippen LogP contribution < -0.4 is 15.8 Å².